The summed E-state index contributed by atoms with van der Waals surface area (Å²) in [7, 11) is 0. The number of carboxylic acids is 1. The van der Waals surface area contributed by atoms with E-state index in [0.29, 0.717) is 6.04 Å². The molecular weight excluding hydrogens is 220 g/mol. The number of nitrogens with zero attached hydrogens (tertiary/aromatic N) is 1. The molecule has 0 aromatic heterocycles. The highest BCUT2D eigenvalue weighted by atomic mass is 16.4. The van der Waals surface area contributed by atoms with Gasteiger partial charge >= 0.3 is 5.97 Å². The van der Waals surface area contributed by atoms with E-state index in [1.807, 2.05) is 6.92 Å². The number of carboxylic acid groups (broad SMARTS) is 1. The van der Waals surface area contributed by atoms with Gasteiger partial charge in [0.2, 0.25) is 5.91 Å². The summed E-state index contributed by atoms with van der Waals surface area (Å²) in [5.41, 5.74) is 0. The Balaban J connectivity index is 2.51. The molecule has 1 amide bonds. The summed E-state index contributed by atoms with van der Waals surface area (Å²) >= 11 is 0. The smallest absolute Gasteiger partial charge is 0.322 e. The number of carbonyl (C=O) groups is 2. The van der Waals surface area contributed by atoms with Crippen LogP contribution in [0, 0.1) is 0 Å². The van der Waals surface area contributed by atoms with Crippen molar-refractivity contribution in [2.45, 2.75) is 51.6 Å². The molecule has 0 aromatic carbocycles. The number of aliphatic carboxylic acids is 1. The molecule has 0 aliphatic carbocycles. The second-order valence-electron chi connectivity index (χ2n) is 4.58. The average Bonchev–Trinajstić information content (AvgIpc) is 2.34. The summed E-state index contributed by atoms with van der Waals surface area (Å²) in [6, 6.07) is 0.217. The van der Waals surface area contributed by atoms with E-state index in [0.717, 1.165) is 25.8 Å². The topological polar surface area (TPSA) is 69.6 Å². The van der Waals surface area contributed by atoms with Crippen molar-refractivity contribution in [3.05, 3.63) is 0 Å². The number of hydrogen-bond acceptors (Lipinski definition) is 3. The van der Waals surface area contributed by atoms with E-state index in [-0.39, 0.29) is 18.5 Å². The van der Waals surface area contributed by atoms with Gasteiger partial charge in [0.25, 0.3) is 0 Å². The van der Waals surface area contributed by atoms with E-state index in [1.165, 1.54) is 6.42 Å². The van der Waals surface area contributed by atoms with Crippen molar-refractivity contribution in [2.75, 3.05) is 13.1 Å². The molecule has 5 nitrogen and oxygen atoms in total. The molecule has 2 unspecified atom stereocenters. The number of piperidine rings is 1. The molecule has 1 aliphatic rings. The standard InChI is InChI=1S/C12H22N2O3/c1-3-10-6-4-5-7-14(10)9(2)12(17)13-8-11(15)16/h9-10H,3-8H2,1-2H3,(H,13,17)(H,15,16). The van der Waals surface area contributed by atoms with Crippen molar-refractivity contribution in [3.8, 4) is 0 Å². The van der Waals surface area contributed by atoms with Crippen LogP contribution in [-0.2, 0) is 9.59 Å². The van der Waals surface area contributed by atoms with Crippen LogP contribution in [0.15, 0.2) is 0 Å². The maximum absolute atomic E-state index is 11.8. The summed E-state index contributed by atoms with van der Waals surface area (Å²) in [5.74, 6) is -1.19. The molecular formula is C12H22N2O3. The second-order valence-corrected chi connectivity index (χ2v) is 4.58. The predicted molar refractivity (Wildman–Crippen MR) is 64.7 cm³/mol. The fourth-order valence-electron chi connectivity index (χ4n) is 2.43. The minimum Gasteiger partial charge on any atom is -0.480 e. The molecule has 0 aromatic rings. The zero-order valence-corrected chi connectivity index (χ0v) is 10.6. The molecule has 2 N–H and O–H groups in total. The lowest BCUT2D eigenvalue weighted by Crippen LogP contribution is -2.52. The minimum atomic E-state index is -1.00. The van der Waals surface area contributed by atoms with Gasteiger partial charge < -0.3 is 10.4 Å². The van der Waals surface area contributed by atoms with Gasteiger partial charge in [-0.2, -0.15) is 0 Å². The first-order valence-corrected chi connectivity index (χ1v) is 6.31. The number of hydrogen-bond donors (Lipinski definition) is 2. The van der Waals surface area contributed by atoms with E-state index in [9.17, 15) is 9.59 Å². The molecule has 0 saturated carbocycles. The van der Waals surface area contributed by atoms with Crippen molar-refractivity contribution >= 4 is 11.9 Å². The molecule has 0 radical (unpaired) electrons. The molecule has 1 fully saturated rings. The van der Waals surface area contributed by atoms with E-state index >= 15 is 0 Å². The zero-order chi connectivity index (χ0) is 12.8. The monoisotopic (exact) mass is 242 g/mol. The molecule has 1 saturated heterocycles. The van der Waals surface area contributed by atoms with E-state index in [1.54, 1.807) is 0 Å². The molecule has 98 valence electrons. The Labute approximate surface area is 102 Å². The van der Waals surface area contributed by atoms with Crippen LogP contribution in [0.3, 0.4) is 0 Å². The lowest BCUT2D eigenvalue weighted by atomic mass is 9.98. The van der Waals surface area contributed by atoms with Crippen LogP contribution in [-0.4, -0.2) is 47.1 Å². The first kappa shape index (κ1) is 14.0. The first-order chi connectivity index (χ1) is 8.06. The Morgan fingerprint density at radius 3 is 2.76 bits per heavy atom. The van der Waals surface area contributed by atoms with Gasteiger partial charge in [-0.15, -0.1) is 0 Å². The van der Waals surface area contributed by atoms with Gasteiger partial charge in [-0.05, 0) is 32.7 Å². The van der Waals surface area contributed by atoms with Crippen LogP contribution in [0.4, 0.5) is 0 Å². The van der Waals surface area contributed by atoms with Gasteiger partial charge in [0.15, 0.2) is 0 Å². The molecule has 1 rings (SSSR count). The van der Waals surface area contributed by atoms with Gasteiger partial charge in [0.05, 0.1) is 6.04 Å². The molecule has 1 heterocycles. The van der Waals surface area contributed by atoms with Crippen LogP contribution < -0.4 is 5.32 Å². The van der Waals surface area contributed by atoms with Gasteiger partial charge in [0.1, 0.15) is 6.54 Å². The fourth-order valence-corrected chi connectivity index (χ4v) is 2.43. The highest BCUT2D eigenvalue weighted by Gasteiger charge is 2.29. The minimum absolute atomic E-state index is 0.187. The lowest BCUT2D eigenvalue weighted by molar-refractivity contribution is -0.139. The van der Waals surface area contributed by atoms with Crippen LogP contribution in [0.1, 0.15) is 39.5 Å². The number of rotatable bonds is 5. The third-order valence-electron chi connectivity index (χ3n) is 3.43. The van der Waals surface area contributed by atoms with Gasteiger partial charge in [0, 0.05) is 6.04 Å². The Kier molecular flexibility index (Phi) is 5.41. The van der Waals surface area contributed by atoms with Crippen LogP contribution in [0.5, 0.6) is 0 Å². The summed E-state index contributed by atoms with van der Waals surface area (Å²) in [6.45, 7) is 4.62. The molecule has 0 bridgehead atoms. The molecule has 0 spiro atoms. The van der Waals surface area contributed by atoms with Gasteiger partial charge in [-0.25, -0.2) is 0 Å². The lowest BCUT2D eigenvalue weighted by Gasteiger charge is -2.38. The van der Waals surface area contributed by atoms with Crippen molar-refractivity contribution in [3.63, 3.8) is 0 Å². The second kappa shape index (κ2) is 6.59. The highest BCUT2D eigenvalue weighted by molar-refractivity contribution is 5.84. The summed E-state index contributed by atoms with van der Waals surface area (Å²) in [6.07, 6.45) is 4.51. The fraction of sp³-hybridized carbons (Fsp3) is 0.833. The first-order valence-electron chi connectivity index (χ1n) is 6.31. The summed E-state index contributed by atoms with van der Waals surface area (Å²) in [4.78, 5) is 24.4. The van der Waals surface area contributed by atoms with Crippen LogP contribution >= 0.6 is 0 Å². The van der Waals surface area contributed by atoms with E-state index in [4.69, 9.17) is 5.11 Å². The van der Waals surface area contributed by atoms with E-state index < -0.39 is 5.97 Å². The predicted octanol–water partition coefficient (Wildman–Crippen LogP) is 0.840. The normalized spacial score (nSPS) is 23.1. The molecule has 5 heteroatoms. The number of amides is 1. The van der Waals surface area contributed by atoms with Gasteiger partial charge in [-0.1, -0.05) is 13.3 Å². The maximum Gasteiger partial charge on any atom is 0.322 e. The third-order valence-corrected chi connectivity index (χ3v) is 3.43. The summed E-state index contributed by atoms with van der Waals surface area (Å²) in [5, 5.41) is 11.0. The molecule has 1 aliphatic heterocycles. The van der Waals surface area contributed by atoms with Crippen molar-refractivity contribution in [1.82, 2.24) is 10.2 Å². The maximum atomic E-state index is 11.8. The SMILES string of the molecule is CCC1CCCCN1C(C)C(=O)NCC(=O)O. The van der Waals surface area contributed by atoms with Crippen LogP contribution in [0.2, 0.25) is 0 Å². The Morgan fingerprint density at radius 2 is 2.18 bits per heavy atom. The number of carbonyl (C=O) groups excluding carboxylic acids is 1. The van der Waals surface area contributed by atoms with E-state index in [2.05, 4.69) is 17.1 Å². The quantitative estimate of drug-likeness (QED) is 0.749. The summed E-state index contributed by atoms with van der Waals surface area (Å²) < 4.78 is 0. The number of nitrogens with one attached hydrogen (secondary N) is 1. The Morgan fingerprint density at radius 1 is 1.47 bits per heavy atom. The molecule has 17 heavy (non-hydrogen) atoms. The Hall–Kier alpha value is -1.10. The molecule has 2 atom stereocenters. The largest absolute Gasteiger partial charge is 0.480 e. The zero-order valence-electron chi connectivity index (χ0n) is 10.6. The van der Waals surface area contributed by atoms with Crippen molar-refractivity contribution in [1.29, 1.82) is 0 Å². The van der Waals surface area contributed by atoms with Crippen LogP contribution in [0.25, 0.3) is 0 Å². The number of likely N-dealkylation sites (tertiary alicyclic amines) is 1. The Bertz CT molecular complexity index is 281. The average molecular weight is 242 g/mol. The third kappa shape index (κ3) is 4.00. The van der Waals surface area contributed by atoms with Gasteiger partial charge in [-0.3, -0.25) is 14.5 Å². The van der Waals surface area contributed by atoms with Crippen molar-refractivity contribution < 1.29 is 14.7 Å². The van der Waals surface area contributed by atoms with Crippen molar-refractivity contribution in [2.24, 2.45) is 0 Å². The highest BCUT2D eigenvalue weighted by Crippen LogP contribution is 2.21.